The molecule has 0 bridgehead atoms. The number of esters is 1. The molecule has 0 radical (unpaired) electrons. The molecule has 1 atom stereocenters. The first kappa shape index (κ1) is 20.4. The number of thiophene rings is 1. The quantitative estimate of drug-likeness (QED) is 0.619. The van der Waals surface area contributed by atoms with E-state index >= 15 is 0 Å². The van der Waals surface area contributed by atoms with E-state index < -0.39 is 18.0 Å². The second kappa shape index (κ2) is 8.76. The van der Waals surface area contributed by atoms with Crippen LogP contribution < -0.4 is 5.32 Å². The molecule has 0 aliphatic heterocycles. The van der Waals surface area contributed by atoms with Crippen molar-refractivity contribution in [2.24, 2.45) is 0 Å². The first-order valence-electron chi connectivity index (χ1n) is 9.10. The Morgan fingerprint density at radius 3 is 2.72 bits per heavy atom. The molecule has 3 rings (SSSR count). The molecule has 2 aromatic heterocycles. The topological polar surface area (TPSA) is 84.1 Å². The summed E-state index contributed by atoms with van der Waals surface area (Å²) >= 11 is 1.66. The molecule has 29 heavy (non-hydrogen) atoms. The van der Waals surface area contributed by atoms with Gasteiger partial charge in [-0.3, -0.25) is 4.79 Å². The lowest BCUT2D eigenvalue weighted by molar-refractivity contribution is -0.123. The molecule has 7 heteroatoms. The van der Waals surface area contributed by atoms with Gasteiger partial charge in [-0.1, -0.05) is 12.1 Å². The molecule has 0 unspecified atom stereocenters. The lowest BCUT2D eigenvalue weighted by Crippen LogP contribution is -2.30. The van der Waals surface area contributed by atoms with E-state index in [9.17, 15) is 9.59 Å². The maximum absolute atomic E-state index is 12.6. The molecule has 0 aliphatic rings. The number of nitrogens with zero attached hydrogens (tertiary/aromatic N) is 2. The number of rotatable bonds is 6. The molecule has 2 heterocycles. The molecular weight excluding hydrogens is 386 g/mol. The highest BCUT2D eigenvalue weighted by molar-refractivity contribution is 7.09. The highest BCUT2D eigenvalue weighted by Crippen LogP contribution is 2.20. The standard InChI is InChI=1S/C22H21N3O3S/c1-14-10-20(15(2)25(14)13-19-8-5-9-29-19)22(27)28-16(3)21(26)24-18-7-4-6-17(11-18)12-23/h4-11,16H,13H2,1-3H3,(H,24,26)/t16-/m0/s1. The zero-order valence-corrected chi connectivity index (χ0v) is 17.2. The zero-order chi connectivity index (χ0) is 21.0. The predicted octanol–water partition coefficient (Wildman–Crippen LogP) is 4.27. The second-order valence-electron chi connectivity index (χ2n) is 6.68. The van der Waals surface area contributed by atoms with Crippen molar-refractivity contribution in [1.82, 2.24) is 4.57 Å². The summed E-state index contributed by atoms with van der Waals surface area (Å²) < 4.78 is 7.44. The zero-order valence-electron chi connectivity index (χ0n) is 16.4. The maximum atomic E-state index is 12.6. The van der Waals surface area contributed by atoms with Crippen LogP contribution in [-0.2, 0) is 16.1 Å². The number of nitriles is 1. The van der Waals surface area contributed by atoms with E-state index in [1.165, 1.54) is 11.8 Å². The van der Waals surface area contributed by atoms with Crippen molar-refractivity contribution in [3.8, 4) is 6.07 Å². The van der Waals surface area contributed by atoms with Gasteiger partial charge in [-0.25, -0.2) is 4.79 Å². The minimum absolute atomic E-state index is 0.436. The Bertz CT molecular complexity index is 1080. The van der Waals surface area contributed by atoms with Crippen molar-refractivity contribution < 1.29 is 14.3 Å². The minimum Gasteiger partial charge on any atom is -0.449 e. The largest absolute Gasteiger partial charge is 0.449 e. The van der Waals surface area contributed by atoms with Gasteiger partial charge in [0.25, 0.3) is 5.91 Å². The van der Waals surface area contributed by atoms with E-state index in [0.717, 1.165) is 11.4 Å². The highest BCUT2D eigenvalue weighted by Gasteiger charge is 2.23. The minimum atomic E-state index is -0.978. The summed E-state index contributed by atoms with van der Waals surface area (Å²) in [7, 11) is 0. The van der Waals surface area contributed by atoms with E-state index in [1.807, 2.05) is 31.4 Å². The van der Waals surface area contributed by atoms with Crippen molar-refractivity contribution >= 4 is 28.9 Å². The maximum Gasteiger partial charge on any atom is 0.340 e. The van der Waals surface area contributed by atoms with Crippen LogP contribution >= 0.6 is 11.3 Å². The Labute approximate surface area is 173 Å². The fourth-order valence-electron chi connectivity index (χ4n) is 3.00. The van der Waals surface area contributed by atoms with Crippen molar-refractivity contribution in [2.45, 2.75) is 33.4 Å². The monoisotopic (exact) mass is 407 g/mol. The fourth-order valence-corrected chi connectivity index (χ4v) is 3.69. The summed E-state index contributed by atoms with van der Waals surface area (Å²) in [5.74, 6) is -0.996. The molecule has 1 amide bonds. The molecule has 6 nitrogen and oxygen atoms in total. The van der Waals surface area contributed by atoms with Crippen LogP contribution in [0.15, 0.2) is 47.8 Å². The third-order valence-electron chi connectivity index (χ3n) is 4.60. The average molecular weight is 407 g/mol. The van der Waals surface area contributed by atoms with Crippen LogP contribution in [0.1, 0.15) is 39.1 Å². The molecule has 0 saturated carbocycles. The Hall–Kier alpha value is -3.37. The Balaban J connectivity index is 1.67. The van der Waals surface area contributed by atoms with Crippen molar-refractivity contribution in [3.63, 3.8) is 0 Å². The number of aryl methyl sites for hydroxylation is 1. The van der Waals surface area contributed by atoms with Gasteiger partial charge in [0.2, 0.25) is 0 Å². The Kier molecular flexibility index (Phi) is 6.15. The Morgan fingerprint density at radius 1 is 1.24 bits per heavy atom. The van der Waals surface area contributed by atoms with Crippen LogP contribution in [0, 0.1) is 25.2 Å². The van der Waals surface area contributed by atoms with Gasteiger partial charge in [-0.05, 0) is 56.5 Å². The summed E-state index contributed by atoms with van der Waals surface area (Å²) in [5, 5.41) is 13.6. The van der Waals surface area contributed by atoms with Gasteiger partial charge in [-0.2, -0.15) is 5.26 Å². The van der Waals surface area contributed by atoms with Crippen LogP contribution in [0.4, 0.5) is 5.69 Å². The van der Waals surface area contributed by atoms with E-state index in [1.54, 1.807) is 41.7 Å². The first-order valence-corrected chi connectivity index (χ1v) is 9.98. The number of anilines is 1. The predicted molar refractivity (Wildman–Crippen MR) is 112 cm³/mol. The van der Waals surface area contributed by atoms with Gasteiger partial charge in [-0.15, -0.1) is 11.3 Å². The van der Waals surface area contributed by atoms with E-state index in [0.29, 0.717) is 23.4 Å². The van der Waals surface area contributed by atoms with Crippen LogP contribution in [0.5, 0.6) is 0 Å². The van der Waals surface area contributed by atoms with Gasteiger partial charge in [0.05, 0.1) is 23.7 Å². The second-order valence-corrected chi connectivity index (χ2v) is 7.71. The number of carbonyl (C=O) groups excluding carboxylic acids is 2. The third kappa shape index (κ3) is 4.73. The number of nitrogens with one attached hydrogen (secondary N) is 1. The van der Waals surface area contributed by atoms with Gasteiger partial charge in [0.15, 0.2) is 6.10 Å². The van der Waals surface area contributed by atoms with E-state index in [2.05, 4.69) is 16.0 Å². The lowest BCUT2D eigenvalue weighted by Gasteiger charge is -2.14. The van der Waals surface area contributed by atoms with Gasteiger partial charge in [0.1, 0.15) is 0 Å². The molecule has 1 N–H and O–H groups in total. The number of benzene rings is 1. The molecule has 148 valence electrons. The molecule has 0 aliphatic carbocycles. The number of hydrogen-bond donors (Lipinski definition) is 1. The van der Waals surface area contributed by atoms with Crippen molar-refractivity contribution in [3.05, 3.63) is 75.2 Å². The van der Waals surface area contributed by atoms with Gasteiger partial charge >= 0.3 is 5.97 Å². The SMILES string of the molecule is Cc1cc(C(=O)O[C@@H](C)C(=O)Nc2cccc(C#N)c2)c(C)n1Cc1cccs1. The number of hydrogen-bond acceptors (Lipinski definition) is 5. The summed E-state index contributed by atoms with van der Waals surface area (Å²) in [5.41, 5.74) is 3.12. The van der Waals surface area contributed by atoms with Crippen LogP contribution in [-0.4, -0.2) is 22.5 Å². The van der Waals surface area contributed by atoms with Crippen LogP contribution in [0.2, 0.25) is 0 Å². The first-order chi connectivity index (χ1) is 13.9. The fraction of sp³-hybridized carbons (Fsp3) is 0.227. The van der Waals surface area contributed by atoms with Gasteiger partial charge in [0, 0.05) is 22.0 Å². The Morgan fingerprint density at radius 2 is 2.03 bits per heavy atom. The summed E-state index contributed by atoms with van der Waals surface area (Å²) in [4.78, 5) is 26.2. The molecule has 3 aromatic rings. The number of carbonyl (C=O) groups is 2. The molecule has 0 spiro atoms. The van der Waals surface area contributed by atoms with E-state index in [-0.39, 0.29) is 0 Å². The van der Waals surface area contributed by atoms with Gasteiger partial charge < -0.3 is 14.6 Å². The summed E-state index contributed by atoms with van der Waals surface area (Å²) in [6, 6.07) is 14.4. The number of amides is 1. The lowest BCUT2D eigenvalue weighted by atomic mass is 10.2. The smallest absolute Gasteiger partial charge is 0.340 e. The van der Waals surface area contributed by atoms with Crippen LogP contribution in [0.3, 0.4) is 0 Å². The summed E-state index contributed by atoms with van der Waals surface area (Å²) in [6.45, 7) is 6.02. The normalized spacial score (nSPS) is 11.5. The molecule has 0 saturated heterocycles. The van der Waals surface area contributed by atoms with Crippen molar-refractivity contribution in [1.29, 1.82) is 5.26 Å². The van der Waals surface area contributed by atoms with Crippen LogP contribution in [0.25, 0.3) is 0 Å². The average Bonchev–Trinajstić information content (AvgIpc) is 3.31. The third-order valence-corrected chi connectivity index (χ3v) is 5.46. The summed E-state index contributed by atoms with van der Waals surface area (Å²) in [6.07, 6.45) is -0.978. The van der Waals surface area contributed by atoms with Crippen molar-refractivity contribution in [2.75, 3.05) is 5.32 Å². The van der Waals surface area contributed by atoms with E-state index in [4.69, 9.17) is 10.00 Å². The highest BCUT2D eigenvalue weighted by atomic mass is 32.1. The number of aromatic nitrogens is 1. The molecular formula is C22H21N3O3S. The molecule has 0 fully saturated rings. The number of ether oxygens (including phenoxy) is 1. The molecule has 1 aromatic carbocycles.